The molecule has 2 amide bonds. The average Bonchev–Trinajstić information content (AvgIpc) is 2.40. The second-order valence-corrected chi connectivity index (χ2v) is 4.39. The standard InChI is InChI=1S/C14H15FN2O4/c1-7(8(2)14(20)21)13(19)17-10-4-5-11(15)12(6-10)16-9(3)18/h4-6H,1-3H3,(H,16,18)(H,17,19)(H,20,21). The number of carbonyl (C=O) groups is 3. The first kappa shape index (κ1) is 16.4. The zero-order valence-electron chi connectivity index (χ0n) is 11.8. The van der Waals surface area contributed by atoms with E-state index in [1.165, 1.54) is 32.9 Å². The third-order valence-corrected chi connectivity index (χ3v) is 2.76. The number of rotatable bonds is 4. The van der Waals surface area contributed by atoms with E-state index >= 15 is 0 Å². The quantitative estimate of drug-likeness (QED) is 0.741. The van der Waals surface area contributed by atoms with Crippen molar-refractivity contribution in [3.63, 3.8) is 0 Å². The van der Waals surface area contributed by atoms with Gasteiger partial charge in [-0.25, -0.2) is 9.18 Å². The van der Waals surface area contributed by atoms with Crippen LogP contribution in [-0.4, -0.2) is 22.9 Å². The van der Waals surface area contributed by atoms with Gasteiger partial charge >= 0.3 is 5.97 Å². The molecule has 0 fully saturated rings. The highest BCUT2D eigenvalue weighted by atomic mass is 19.1. The number of aliphatic carboxylic acids is 1. The van der Waals surface area contributed by atoms with Crippen LogP contribution in [0.1, 0.15) is 20.8 Å². The van der Waals surface area contributed by atoms with Crippen molar-refractivity contribution >= 4 is 29.2 Å². The van der Waals surface area contributed by atoms with E-state index in [-0.39, 0.29) is 22.5 Å². The molecule has 112 valence electrons. The molecule has 0 saturated carbocycles. The molecule has 0 atom stereocenters. The van der Waals surface area contributed by atoms with Crippen LogP contribution < -0.4 is 10.6 Å². The summed E-state index contributed by atoms with van der Waals surface area (Å²) in [6.45, 7) is 3.91. The molecule has 0 spiro atoms. The summed E-state index contributed by atoms with van der Waals surface area (Å²) >= 11 is 0. The summed E-state index contributed by atoms with van der Waals surface area (Å²) in [5.74, 6) is -2.90. The number of anilines is 2. The molecule has 0 aromatic heterocycles. The fourth-order valence-electron chi connectivity index (χ4n) is 1.44. The maximum absolute atomic E-state index is 13.4. The summed E-state index contributed by atoms with van der Waals surface area (Å²) in [7, 11) is 0. The van der Waals surface area contributed by atoms with E-state index in [9.17, 15) is 18.8 Å². The molecule has 6 nitrogen and oxygen atoms in total. The van der Waals surface area contributed by atoms with Crippen molar-refractivity contribution in [3.8, 4) is 0 Å². The Labute approximate surface area is 120 Å². The Kier molecular flexibility index (Phi) is 5.18. The van der Waals surface area contributed by atoms with E-state index in [0.717, 1.165) is 6.07 Å². The van der Waals surface area contributed by atoms with Crippen LogP contribution in [0, 0.1) is 5.82 Å². The predicted octanol–water partition coefficient (Wildman–Crippen LogP) is 2.14. The van der Waals surface area contributed by atoms with Crippen LogP contribution in [0.3, 0.4) is 0 Å². The highest BCUT2D eigenvalue weighted by Gasteiger charge is 2.13. The molecule has 0 bridgehead atoms. The zero-order chi connectivity index (χ0) is 16.2. The monoisotopic (exact) mass is 294 g/mol. The fourth-order valence-corrected chi connectivity index (χ4v) is 1.44. The molecule has 3 N–H and O–H groups in total. The van der Waals surface area contributed by atoms with Crippen molar-refractivity contribution in [1.29, 1.82) is 0 Å². The van der Waals surface area contributed by atoms with Crippen LogP contribution in [0.15, 0.2) is 29.3 Å². The lowest BCUT2D eigenvalue weighted by Crippen LogP contribution is -2.16. The van der Waals surface area contributed by atoms with Gasteiger partial charge in [0.15, 0.2) is 0 Å². The number of nitrogens with one attached hydrogen (secondary N) is 2. The minimum Gasteiger partial charge on any atom is -0.478 e. The largest absolute Gasteiger partial charge is 0.478 e. The number of carbonyl (C=O) groups excluding carboxylic acids is 2. The van der Waals surface area contributed by atoms with Crippen molar-refractivity contribution in [3.05, 3.63) is 35.2 Å². The second kappa shape index (κ2) is 6.65. The van der Waals surface area contributed by atoms with Crippen LogP contribution in [-0.2, 0) is 14.4 Å². The summed E-state index contributed by atoms with van der Waals surface area (Å²) in [6, 6.07) is 3.64. The molecule has 0 heterocycles. The number of hydrogen-bond acceptors (Lipinski definition) is 3. The van der Waals surface area contributed by atoms with E-state index in [2.05, 4.69) is 10.6 Å². The van der Waals surface area contributed by atoms with Gasteiger partial charge in [-0.1, -0.05) is 0 Å². The molecule has 0 saturated heterocycles. The molecule has 1 rings (SSSR count). The number of hydrogen-bond donors (Lipinski definition) is 3. The van der Waals surface area contributed by atoms with Gasteiger partial charge in [0.25, 0.3) is 5.91 Å². The van der Waals surface area contributed by atoms with Gasteiger partial charge in [0.1, 0.15) is 5.82 Å². The SMILES string of the molecule is CC(=O)Nc1cc(NC(=O)C(C)=C(C)C(=O)O)ccc1F. The Bertz CT molecular complexity index is 638. The number of carboxylic acids is 1. The molecule has 21 heavy (non-hydrogen) atoms. The minimum atomic E-state index is -1.19. The Morgan fingerprint density at radius 1 is 1.05 bits per heavy atom. The topological polar surface area (TPSA) is 95.5 Å². The predicted molar refractivity (Wildman–Crippen MR) is 75.3 cm³/mol. The molecule has 0 aliphatic heterocycles. The van der Waals surface area contributed by atoms with E-state index in [1.807, 2.05) is 0 Å². The number of benzene rings is 1. The van der Waals surface area contributed by atoms with Gasteiger partial charge in [0, 0.05) is 23.8 Å². The van der Waals surface area contributed by atoms with Gasteiger partial charge in [-0.15, -0.1) is 0 Å². The first-order chi connectivity index (χ1) is 9.72. The van der Waals surface area contributed by atoms with Crippen LogP contribution in [0.2, 0.25) is 0 Å². The second-order valence-electron chi connectivity index (χ2n) is 4.39. The number of carboxylic acid groups (broad SMARTS) is 1. The van der Waals surface area contributed by atoms with Gasteiger partial charge in [-0.2, -0.15) is 0 Å². The average molecular weight is 294 g/mol. The minimum absolute atomic E-state index is 0.0351. The van der Waals surface area contributed by atoms with Gasteiger partial charge in [-0.05, 0) is 32.0 Å². The van der Waals surface area contributed by atoms with Crippen LogP contribution in [0.4, 0.5) is 15.8 Å². The lowest BCUT2D eigenvalue weighted by atomic mass is 10.1. The lowest BCUT2D eigenvalue weighted by Gasteiger charge is -2.10. The Morgan fingerprint density at radius 3 is 2.19 bits per heavy atom. The molecule has 0 aliphatic rings. The fraction of sp³-hybridized carbons (Fsp3) is 0.214. The third-order valence-electron chi connectivity index (χ3n) is 2.76. The lowest BCUT2D eigenvalue weighted by molar-refractivity contribution is -0.133. The van der Waals surface area contributed by atoms with E-state index in [0.29, 0.717) is 0 Å². The van der Waals surface area contributed by atoms with Gasteiger partial charge < -0.3 is 15.7 Å². The normalized spacial score (nSPS) is 11.4. The molecular weight excluding hydrogens is 279 g/mol. The molecule has 0 radical (unpaired) electrons. The first-order valence-corrected chi connectivity index (χ1v) is 6.01. The van der Waals surface area contributed by atoms with E-state index < -0.39 is 23.6 Å². The van der Waals surface area contributed by atoms with Gasteiger partial charge in [0.05, 0.1) is 5.69 Å². The molecule has 7 heteroatoms. The third kappa shape index (κ3) is 4.41. The highest BCUT2D eigenvalue weighted by Crippen LogP contribution is 2.20. The summed E-state index contributed by atoms with van der Waals surface area (Å²) < 4.78 is 13.4. The number of amides is 2. The zero-order valence-corrected chi connectivity index (χ0v) is 11.8. The van der Waals surface area contributed by atoms with E-state index in [4.69, 9.17) is 5.11 Å². The Balaban J connectivity index is 2.99. The maximum atomic E-state index is 13.4. The summed E-state index contributed by atoms with van der Waals surface area (Å²) in [4.78, 5) is 33.6. The van der Waals surface area contributed by atoms with Crippen molar-refractivity contribution in [2.75, 3.05) is 10.6 Å². The van der Waals surface area contributed by atoms with Crippen molar-refractivity contribution < 1.29 is 23.9 Å². The van der Waals surface area contributed by atoms with Gasteiger partial charge in [-0.3, -0.25) is 9.59 Å². The first-order valence-electron chi connectivity index (χ1n) is 6.01. The smallest absolute Gasteiger partial charge is 0.331 e. The summed E-state index contributed by atoms with van der Waals surface area (Å²) in [5.41, 5.74) is 0.115. The van der Waals surface area contributed by atoms with Crippen LogP contribution in [0.5, 0.6) is 0 Å². The van der Waals surface area contributed by atoms with Crippen molar-refractivity contribution in [2.45, 2.75) is 20.8 Å². The Hall–Kier alpha value is -2.70. The van der Waals surface area contributed by atoms with Crippen molar-refractivity contribution in [2.24, 2.45) is 0 Å². The molecular formula is C14H15FN2O4. The van der Waals surface area contributed by atoms with Gasteiger partial charge in [0.2, 0.25) is 5.91 Å². The Morgan fingerprint density at radius 2 is 1.67 bits per heavy atom. The number of halogens is 1. The molecule has 1 aromatic rings. The maximum Gasteiger partial charge on any atom is 0.331 e. The molecule has 0 unspecified atom stereocenters. The summed E-state index contributed by atoms with van der Waals surface area (Å²) in [6.07, 6.45) is 0. The van der Waals surface area contributed by atoms with Crippen LogP contribution in [0.25, 0.3) is 0 Å². The molecule has 0 aliphatic carbocycles. The molecule has 1 aromatic carbocycles. The van der Waals surface area contributed by atoms with Crippen molar-refractivity contribution in [1.82, 2.24) is 0 Å². The summed E-state index contributed by atoms with van der Waals surface area (Å²) in [5, 5.41) is 13.5. The highest BCUT2D eigenvalue weighted by molar-refractivity contribution is 6.08. The van der Waals surface area contributed by atoms with E-state index in [1.54, 1.807) is 0 Å². The van der Waals surface area contributed by atoms with Crippen LogP contribution >= 0.6 is 0 Å².